The summed E-state index contributed by atoms with van der Waals surface area (Å²) >= 11 is 9.27. The van der Waals surface area contributed by atoms with Crippen molar-refractivity contribution >= 4 is 44.7 Å². The molecule has 0 amide bonds. The molecule has 1 aromatic carbocycles. The number of carbonyl (C=O) groups excluding carboxylic acids is 1. The zero-order chi connectivity index (χ0) is 10.1. The number of fused-ring (bicyclic) bond motifs is 1. The van der Waals surface area contributed by atoms with Crippen LogP contribution < -0.4 is 0 Å². The van der Waals surface area contributed by atoms with Crippen LogP contribution in [0.1, 0.15) is 10.5 Å². The van der Waals surface area contributed by atoms with Crippen LogP contribution >= 0.6 is 27.5 Å². The van der Waals surface area contributed by atoms with Crippen LogP contribution in [-0.4, -0.2) is 11.3 Å². The largest absolute Gasteiger partial charge is 0.296 e. The number of hydrogen-bond donors (Lipinski definition) is 0. The molecule has 0 saturated heterocycles. The van der Waals surface area contributed by atoms with E-state index < -0.39 is 0 Å². The summed E-state index contributed by atoms with van der Waals surface area (Å²) in [5.41, 5.74) is 1.02. The Hall–Kier alpha value is -0.930. The summed E-state index contributed by atoms with van der Waals surface area (Å²) in [6.45, 7) is 0. The fourth-order valence-electron chi connectivity index (χ4n) is 1.24. The van der Waals surface area contributed by atoms with Gasteiger partial charge in [0.15, 0.2) is 6.29 Å². The number of benzene rings is 1. The summed E-state index contributed by atoms with van der Waals surface area (Å²) in [5, 5.41) is 1.27. The first-order valence-electron chi connectivity index (χ1n) is 3.93. The van der Waals surface area contributed by atoms with E-state index in [4.69, 9.17) is 11.6 Å². The van der Waals surface area contributed by atoms with Gasteiger partial charge in [0, 0.05) is 9.86 Å². The van der Waals surface area contributed by atoms with E-state index in [0.717, 1.165) is 10.9 Å². The Morgan fingerprint density at radius 3 is 2.79 bits per heavy atom. The number of nitrogens with zero attached hydrogens (tertiary/aromatic N) is 1. The van der Waals surface area contributed by atoms with Gasteiger partial charge in [-0.2, -0.15) is 0 Å². The summed E-state index contributed by atoms with van der Waals surface area (Å²) < 4.78 is 0.715. The molecule has 70 valence electrons. The van der Waals surface area contributed by atoms with Crippen molar-refractivity contribution < 1.29 is 4.79 Å². The fourth-order valence-corrected chi connectivity index (χ4v) is 1.97. The summed E-state index contributed by atoms with van der Waals surface area (Å²) in [6, 6.07) is 7.49. The number of pyridine rings is 1. The maximum Gasteiger partial charge on any atom is 0.170 e. The lowest BCUT2D eigenvalue weighted by atomic mass is 10.2. The topological polar surface area (TPSA) is 30.0 Å². The molecule has 0 bridgehead atoms. The number of hydrogen-bond acceptors (Lipinski definition) is 2. The molecule has 0 saturated carbocycles. The summed E-state index contributed by atoms with van der Waals surface area (Å²) in [4.78, 5) is 14.8. The van der Waals surface area contributed by atoms with Crippen LogP contribution in [0.2, 0.25) is 5.02 Å². The second-order valence-electron chi connectivity index (χ2n) is 2.76. The average molecular weight is 271 g/mol. The van der Waals surface area contributed by atoms with Gasteiger partial charge in [-0.15, -0.1) is 0 Å². The molecule has 0 N–H and O–H groups in total. The number of aldehydes is 1. The van der Waals surface area contributed by atoms with E-state index in [0.29, 0.717) is 15.8 Å². The van der Waals surface area contributed by atoms with E-state index in [9.17, 15) is 4.79 Å². The van der Waals surface area contributed by atoms with Crippen molar-refractivity contribution in [1.82, 2.24) is 4.98 Å². The highest BCUT2D eigenvalue weighted by Crippen LogP contribution is 2.31. The first-order chi connectivity index (χ1) is 6.74. The van der Waals surface area contributed by atoms with Gasteiger partial charge >= 0.3 is 0 Å². The van der Waals surface area contributed by atoms with Crippen LogP contribution in [0.25, 0.3) is 10.9 Å². The molecule has 0 aliphatic rings. The Morgan fingerprint density at radius 2 is 2.07 bits per heavy atom. The van der Waals surface area contributed by atoms with Gasteiger partial charge in [0.2, 0.25) is 0 Å². The van der Waals surface area contributed by atoms with E-state index in [-0.39, 0.29) is 5.69 Å². The van der Waals surface area contributed by atoms with E-state index in [2.05, 4.69) is 20.9 Å². The number of para-hydroxylation sites is 1. The maximum atomic E-state index is 10.7. The molecule has 0 radical (unpaired) electrons. The third kappa shape index (κ3) is 1.42. The van der Waals surface area contributed by atoms with Crippen molar-refractivity contribution in [1.29, 1.82) is 0 Å². The molecule has 0 spiro atoms. The molecule has 2 aromatic rings. The molecule has 0 unspecified atom stereocenters. The third-order valence-electron chi connectivity index (χ3n) is 1.91. The Labute approximate surface area is 94.0 Å². The summed E-state index contributed by atoms with van der Waals surface area (Å²) in [6.07, 6.45) is 0.652. The quantitative estimate of drug-likeness (QED) is 0.743. The van der Waals surface area contributed by atoms with Crippen LogP contribution in [0.3, 0.4) is 0 Å². The lowest BCUT2D eigenvalue weighted by Crippen LogP contribution is -1.91. The number of carbonyl (C=O) groups is 1. The molecule has 2 nitrogen and oxygen atoms in total. The lowest BCUT2D eigenvalue weighted by Gasteiger charge is -2.03. The van der Waals surface area contributed by atoms with Crippen molar-refractivity contribution in [2.75, 3.05) is 0 Å². The molecule has 1 heterocycles. The molecule has 0 fully saturated rings. The van der Waals surface area contributed by atoms with Gasteiger partial charge in [-0.05, 0) is 22.0 Å². The fraction of sp³-hybridized carbons (Fsp3) is 0. The van der Waals surface area contributed by atoms with Gasteiger partial charge in [0.25, 0.3) is 0 Å². The van der Waals surface area contributed by atoms with E-state index in [1.165, 1.54) is 0 Å². The molecular weight excluding hydrogens is 265 g/mol. The van der Waals surface area contributed by atoms with Gasteiger partial charge in [0.05, 0.1) is 10.5 Å². The standard InChI is InChI=1S/C10H5BrClNO/c11-9-6-3-1-2-4-7(6)13-8(5-14)10(9)12/h1-5H. The predicted molar refractivity (Wildman–Crippen MR) is 59.8 cm³/mol. The highest BCUT2D eigenvalue weighted by Gasteiger charge is 2.09. The zero-order valence-electron chi connectivity index (χ0n) is 7.00. The first kappa shape index (κ1) is 9.62. The van der Waals surface area contributed by atoms with Crippen molar-refractivity contribution in [2.45, 2.75) is 0 Å². The minimum Gasteiger partial charge on any atom is -0.296 e. The second-order valence-corrected chi connectivity index (χ2v) is 3.93. The minimum absolute atomic E-state index is 0.261. The van der Waals surface area contributed by atoms with E-state index in [1.807, 2.05) is 24.3 Å². The molecule has 1 aromatic heterocycles. The van der Waals surface area contributed by atoms with Crippen molar-refractivity contribution in [3.8, 4) is 0 Å². The SMILES string of the molecule is O=Cc1nc2ccccc2c(Br)c1Cl. The number of rotatable bonds is 1. The highest BCUT2D eigenvalue weighted by molar-refractivity contribution is 9.10. The van der Waals surface area contributed by atoms with Gasteiger partial charge in [0.1, 0.15) is 5.69 Å². The normalized spacial score (nSPS) is 10.4. The summed E-state index contributed by atoms with van der Waals surface area (Å²) in [5.74, 6) is 0. The average Bonchev–Trinajstić information content (AvgIpc) is 2.23. The van der Waals surface area contributed by atoms with Crippen molar-refractivity contribution in [2.24, 2.45) is 0 Å². The Kier molecular flexibility index (Phi) is 2.52. The first-order valence-corrected chi connectivity index (χ1v) is 5.10. The van der Waals surface area contributed by atoms with Crippen molar-refractivity contribution in [3.63, 3.8) is 0 Å². The minimum atomic E-state index is 0.261. The van der Waals surface area contributed by atoms with Gasteiger partial charge < -0.3 is 0 Å². The van der Waals surface area contributed by atoms with E-state index >= 15 is 0 Å². The maximum absolute atomic E-state index is 10.7. The molecule has 2 rings (SSSR count). The lowest BCUT2D eigenvalue weighted by molar-refractivity contribution is 0.111. The van der Waals surface area contributed by atoms with Crippen molar-refractivity contribution in [3.05, 3.63) is 39.5 Å². The van der Waals surface area contributed by atoms with Gasteiger partial charge in [-0.3, -0.25) is 4.79 Å². The number of aromatic nitrogens is 1. The zero-order valence-corrected chi connectivity index (χ0v) is 9.34. The molecule has 0 aliphatic carbocycles. The predicted octanol–water partition coefficient (Wildman–Crippen LogP) is 3.46. The van der Waals surface area contributed by atoms with Gasteiger partial charge in [-0.25, -0.2) is 4.98 Å². The van der Waals surface area contributed by atoms with Crippen LogP contribution in [0.5, 0.6) is 0 Å². The van der Waals surface area contributed by atoms with Crippen LogP contribution in [0, 0.1) is 0 Å². The molecule has 14 heavy (non-hydrogen) atoms. The third-order valence-corrected chi connectivity index (χ3v) is 3.35. The molecule has 4 heteroatoms. The molecule has 0 aliphatic heterocycles. The number of halogens is 2. The van der Waals surface area contributed by atoms with Crippen LogP contribution in [0.15, 0.2) is 28.7 Å². The van der Waals surface area contributed by atoms with Gasteiger partial charge in [-0.1, -0.05) is 29.8 Å². The molecule has 0 atom stereocenters. The Bertz CT molecular complexity index is 513. The monoisotopic (exact) mass is 269 g/mol. The highest BCUT2D eigenvalue weighted by atomic mass is 79.9. The molecular formula is C10H5BrClNO. The summed E-state index contributed by atoms with van der Waals surface area (Å²) in [7, 11) is 0. The van der Waals surface area contributed by atoms with Crippen LogP contribution in [-0.2, 0) is 0 Å². The van der Waals surface area contributed by atoms with Crippen LogP contribution in [0.4, 0.5) is 0 Å². The smallest absolute Gasteiger partial charge is 0.170 e. The van der Waals surface area contributed by atoms with E-state index in [1.54, 1.807) is 0 Å². The Balaban J connectivity index is 2.91. The second kappa shape index (κ2) is 3.67. The Morgan fingerprint density at radius 1 is 1.36 bits per heavy atom.